The Labute approximate surface area is 122 Å². The van der Waals surface area contributed by atoms with E-state index in [1.54, 1.807) is 31.2 Å². The fraction of sp³-hybridized carbons (Fsp3) is 0.333. The molecule has 2 atom stereocenters. The van der Waals surface area contributed by atoms with Crippen molar-refractivity contribution in [2.24, 2.45) is 0 Å². The van der Waals surface area contributed by atoms with E-state index in [2.05, 4.69) is 21.2 Å². The third kappa shape index (κ3) is 4.76. The van der Waals surface area contributed by atoms with Crippen molar-refractivity contribution in [3.8, 4) is 0 Å². The normalized spacial score (nSPS) is 13.6. The number of nitrogens with one attached hydrogen (secondary N) is 1. The van der Waals surface area contributed by atoms with E-state index in [-0.39, 0.29) is 12.2 Å². The number of amides is 1. The summed E-state index contributed by atoms with van der Waals surface area (Å²) in [6, 6.07) is 7.01. The highest BCUT2D eigenvalue weighted by Gasteiger charge is 2.24. The Morgan fingerprint density at radius 3 is 2.58 bits per heavy atom. The van der Waals surface area contributed by atoms with Gasteiger partial charge in [0.05, 0.1) is 5.69 Å². The number of aliphatic carboxylic acids is 1. The smallest absolute Gasteiger partial charge is 0.319 e. The van der Waals surface area contributed by atoms with Crippen molar-refractivity contribution in [3.05, 3.63) is 28.7 Å². The van der Waals surface area contributed by atoms with Crippen LogP contribution in [0.5, 0.6) is 0 Å². The van der Waals surface area contributed by atoms with Crippen LogP contribution in [0.25, 0.3) is 0 Å². The van der Waals surface area contributed by atoms with Gasteiger partial charge in [-0.25, -0.2) is 0 Å². The second-order valence-corrected chi connectivity index (χ2v) is 6.26. The zero-order chi connectivity index (χ0) is 14.4. The summed E-state index contributed by atoms with van der Waals surface area (Å²) in [7, 11) is -1.73. The largest absolute Gasteiger partial charge is 0.480 e. The van der Waals surface area contributed by atoms with Crippen LogP contribution >= 0.6 is 15.9 Å². The van der Waals surface area contributed by atoms with E-state index in [9.17, 15) is 13.8 Å². The zero-order valence-electron chi connectivity index (χ0n) is 10.3. The second-order valence-electron chi connectivity index (χ2n) is 3.79. The van der Waals surface area contributed by atoms with Gasteiger partial charge < -0.3 is 10.4 Å². The van der Waals surface area contributed by atoms with E-state index in [0.29, 0.717) is 10.2 Å². The van der Waals surface area contributed by atoms with Crippen molar-refractivity contribution in [1.82, 2.24) is 0 Å². The molecule has 0 radical (unpaired) electrons. The maximum Gasteiger partial charge on any atom is 0.319 e. The highest BCUT2D eigenvalue weighted by atomic mass is 79.9. The number of carboxylic acid groups (broad SMARTS) is 1. The Kier molecular flexibility index (Phi) is 6.17. The number of rotatable bonds is 6. The predicted octanol–water partition coefficient (Wildman–Crippen LogP) is 2.00. The Morgan fingerprint density at radius 1 is 1.42 bits per heavy atom. The van der Waals surface area contributed by atoms with E-state index >= 15 is 0 Å². The van der Waals surface area contributed by atoms with Crippen LogP contribution in [0.15, 0.2) is 28.7 Å². The van der Waals surface area contributed by atoms with Gasteiger partial charge in [0.25, 0.3) is 0 Å². The SMILES string of the molecule is CCC(C(=O)O)S(=O)CC(=O)Nc1ccccc1Br. The molecule has 7 heteroatoms. The third-order valence-electron chi connectivity index (χ3n) is 2.38. The molecule has 2 unspecified atom stereocenters. The first-order chi connectivity index (χ1) is 8.95. The highest BCUT2D eigenvalue weighted by Crippen LogP contribution is 2.21. The van der Waals surface area contributed by atoms with Gasteiger partial charge in [0, 0.05) is 15.3 Å². The molecule has 0 aliphatic heterocycles. The van der Waals surface area contributed by atoms with Crippen LogP contribution in [0, 0.1) is 0 Å². The minimum absolute atomic E-state index is 0.226. The van der Waals surface area contributed by atoms with Crippen LogP contribution in [0.2, 0.25) is 0 Å². The maximum atomic E-state index is 11.8. The van der Waals surface area contributed by atoms with Crippen molar-refractivity contribution in [3.63, 3.8) is 0 Å². The van der Waals surface area contributed by atoms with E-state index in [0.717, 1.165) is 0 Å². The maximum absolute atomic E-state index is 11.8. The molecule has 19 heavy (non-hydrogen) atoms. The number of benzene rings is 1. The molecule has 0 heterocycles. The van der Waals surface area contributed by atoms with E-state index in [1.165, 1.54) is 0 Å². The van der Waals surface area contributed by atoms with Gasteiger partial charge in [0.15, 0.2) is 0 Å². The molecule has 0 bridgehead atoms. The van der Waals surface area contributed by atoms with Gasteiger partial charge in [0.2, 0.25) is 5.91 Å². The molecular formula is C12H14BrNO4S. The number of carboxylic acids is 1. The van der Waals surface area contributed by atoms with Gasteiger partial charge in [-0.2, -0.15) is 0 Å². The van der Waals surface area contributed by atoms with Gasteiger partial charge >= 0.3 is 5.97 Å². The number of carbonyl (C=O) groups is 2. The lowest BCUT2D eigenvalue weighted by Crippen LogP contribution is -2.31. The summed E-state index contributed by atoms with van der Waals surface area (Å²) in [5, 5.41) is 10.4. The topological polar surface area (TPSA) is 83.5 Å². The van der Waals surface area contributed by atoms with Crippen LogP contribution in [0.4, 0.5) is 5.69 Å². The summed E-state index contributed by atoms with van der Waals surface area (Å²) in [5.74, 6) is -1.94. The average Bonchev–Trinajstić information content (AvgIpc) is 2.32. The lowest BCUT2D eigenvalue weighted by atomic mass is 10.3. The minimum Gasteiger partial charge on any atom is -0.480 e. The molecule has 0 saturated heterocycles. The van der Waals surface area contributed by atoms with Gasteiger partial charge in [-0.05, 0) is 34.5 Å². The molecule has 0 saturated carbocycles. The monoisotopic (exact) mass is 347 g/mol. The first-order valence-electron chi connectivity index (χ1n) is 5.60. The highest BCUT2D eigenvalue weighted by molar-refractivity contribution is 9.10. The van der Waals surface area contributed by atoms with Crippen LogP contribution in [0.3, 0.4) is 0 Å². The van der Waals surface area contributed by atoms with Gasteiger partial charge in [-0.1, -0.05) is 19.1 Å². The summed E-state index contributed by atoms with van der Waals surface area (Å²) in [6.07, 6.45) is 0.226. The molecule has 1 amide bonds. The Bertz CT molecular complexity index is 506. The molecule has 104 valence electrons. The fourth-order valence-corrected chi connectivity index (χ4v) is 2.96. The number of carbonyl (C=O) groups excluding carboxylic acids is 1. The summed E-state index contributed by atoms with van der Waals surface area (Å²) in [6.45, 7) is 1.63. The zero-order valence-corrected chi connectivity index (χ0v) is 12.7. The number of halogens is 1. The Hall–Kier alpha value is -1.21. The van der Waals surface area contributed by atoms with E-state index in [1.807, 2.05) is 0 Å². The summed E-state index contributed by atoms with van der Waals surface area (Å²) in [5.41, 5.74) is 0.563. The van der Waals surface area contributed by atoms with Crippen LogP contribution in [-0.2, 0) is 20.4 Å². The van der Waals surface area contributed by atoms with Crippen molar-refractivity contribution in [2.75, 3.05) is 11.1 Å². The van der Waals surface area contributed by atoms with Crippen molar-refractivity contribution in [1.29, 1.82) is 0 Å². The van der Waals surface area contributed by atoms with Crippen molar-refractivity contribution >= 4 is 44.3 Å². The molecule has 0 aromatic heterocycles. The molecule has 0 spiro atoms. The standard InChI is InChI=1S/C12H14BrNO4S/c1-2-10(12(16)17)19(18)7-11(15)14-9-6-4-3-5-8(9)13/h3-6,10H,2,7H2,1H3,(H,14,15)(H,16,17). The first-order valence-corrected chi connectivity index (χ1v) is 7.77. The third-order valence-corrected chi connectivity index (χ3v) is 4.79. The predicted molar refractivity (Wildman–Crippen MR) is 77.5 cm³/mol. The number of hydrogen-bond acceptors (Lipinski definition) is 3. The molecule has 0 fully saturated rings. The second kappa shape index (κ2) is 7.40. The average molecular weight is 348 g/mol. The number of para-hydroxylation sites is 1. The molecule has 0 aliphatic rings. The molecule has 2 N–H and O–H groups in total. The van der Waals surface area contributed by atoms with Crippen LogP contribution < -0.4 is 5.32 Å². The molecular weight excluding hydrogens is 334 g/mol. The van der Waals surface area contributed by atoms with E-state index < -0.39 is 27.9 Å². The molecule has 1 aromatic rings. The van der Waals surface area contributed by atoms with E-state index in [4.69, 9.17) is 5.11 Å². The summed E-state index contributed by atoms with van der Waals surface area (Å²) >= 11 is 3.27. The Balaban J connectivity index is 2.63. The van der Waals surface area contributed by atoms with Crippen LogP contribution in [-0.4, -0.2) is 32.2 Å². The molecule has 0 aliphatic carbocycles. The number of anilines is 1. The summed E-state index contributed by atoms with van der Waals surface area (Å²) in [4.78, 5) is 22.5. The minimum atomic E-state index is -1.73. The van der Waals surface area contributed by atoms with Crippen molar-refractivity contribution < 1.29 is 18.9 Å². The quantitative estimate of drug-likeness (QED) is 0.824. The molecule has 1 aromatic carbocycles. The molecule has 5 nitrogen and oxygen atoms in total. The van der Waals surface area contributed by atoms with Gasteiger partial charge in [0.1, 0.15) is 11.0 Å². The lowest BCUT2D eigenvalue weighted by molar-refractivity contribution is -0.136. The first kappa shape index (κ1) is 15.8. The van der Waals surface area contributed by atoms with Gasteiger partial charge in [-0.15, -0.1) is 0 Å². The van der Waals surface area contributed by atoms with Crippen LogP contribution in [0.1, 0.15) is 13.3 Å². The van der Waals surface area contributed by atoms with Crippen molar-refractivity contribution in [2.45, 2.75) is 18.6 Å². The molecule has 1 rings (SSSR count). The number of hydrogen-bond donors (Lipinski definition) is 2. The van der Waals surface area contributed by atoms with Gasteiger partial charge in [-0.3, -0.25) is 13.8 Å². The fourth-order valence-electron chi connectivity index (χ4n) is 1.45. The summed E-state index contributed by atoms with van der Waals surface area (Å²) < 4.78 is 12.5. The lowest BCUT2D eigenvalue weighted by Gasteiger charge is -2.10. The Morgan fingerprint density at radius 2 is 2.05 bits per heavy atom.